The first-order valence-electron chi connectivity index (χ1n) is 11.6. The van der Waals surface area contributed by atoms with Crippen molar-refractivity contribution in [3.05, 3.63) is 48.0 Å². The van der Waals surface area contributed by atoms with E-state index in [-0.39, 0.29) is 31.2 Å². The average Bonchev–Trinajstić information content (AvgIpc) is 2.78. The molecule has 2 aromatic carbocycles. The normalized spacial score (nSPS) is 10.8. The summed E-state index contributed by atoms with van der Waals surface area (Å²) in [5.74, 6) is 0.795. The molecule has 2 aromatic rings. The van der Waals surface area contributed by atoms with Gasteiger partial charge in [-0.05, 0) is 63.9 Å². The Balaban J connectivity index is 1.87. The van der Waals surface area contributed by atoms with Crippen LogP contribution in [0.25, 0.3) is 0 Å². The zero-order chi connectivity index (χ0) is 25.8. The molecule has 0 bridgehead atoms. The highest BCUT2D eigenvalue weighted by Crippen LogP contribution is 2.28. The van der Waals surface area contributed by atoms with Gasteiger partial charge in [0.05, 0.1) is 25.1 Å². The maximum Gasteiger partial charge on any atom is 0.407 e. The van der Waals surface area contributed by atoms with Crippen molar-refractivity contribution in [2.45, 2.75) is 52.6 Å². The monoisotopic (exact) mass is 485 g/mol. The van der Waals surface area contributed by atoms with Gasteiger partial charge in [-0.1, -0.05) is 18.2 Å². The Bertz CT molecular complexity index is 1020. The number of ether oxygens (including phenoxy) is 3. The number of nitrogens with one attached hydrogen (secondary N) is 3. The van der Waals surface area contributed by atoms with Gasteiger partial charge in [-0.25, -0.2) is 4.79 Å². The fraction of sp³-hybridized carbons (Fsp3) is 0.423. The Morgan fingerprint density at radius 2 is 1.51 bits per heavy atom. The number of hydrogen-bond donors (Lipinski definition) is 3. The van der Waals surface area contributed by atoms with Crippen molar-refractivity contribution in [3.63, 3.8) is 0 Å². The van der Waals surface area contributed by atoms with Crippen molar-refractivity contribution in [2.24, 2.45) is 0 Å². The van der Waals surface area contributed by atoms with Crippen molar-refractivity contribution in [3.8, 4) is 11.5 Å². The Kier molecular flexibility index (Phi) is 10.4. The van der Waals surface area contributed by atoms with Gasteiger partial charge < -0.3 is 30.2 Å². The molecule has 35 heavy (non-hydrogen) atoms. The summed E-state index contributed by atoms with van der Waals surface area (Å²) in [5.41, 5.74) is 1.31. The molecule has 0 radical (unpaired) electrons. The van der Waals surface area contributed by atoms with Crippen LogP contribution in [0.1, 0.15) is 46.1 Å². The van der Waals surface area contributed by atoms with Gasteiger partial charge in [0, 0.05) is 19.4 Å². The number of carbonyl (C=O) groups is 3. The topological polar surface area (TPSA) is 115 Å². The van der Waals surface area contributed by atoms with Crippen LogP contribution in [0.3, 0.4) is 0 Å². The average molecular weight is 486 g/mol. The summed E-state index contributed by atoms with van der Waals surface area (Å²) in [6.07, 6.45) is 0.239. The lowest BCUT2D eigenvalue weighted by Gasteiger charge is -2.19. The van der Waals surface area contributed by atoms with Gasteiger partial charge in [0.2, 0.25) is 11.8 Å². The molecule has 0 aliphatic rings. The quantitative estimate of drug-likeness (QED) is 0.431. The molecule has 0 aliphatic heterocycles. The summed E-state index contributed by atoms with van der Waals surface area (Å²) in [5, 5.41) is 8.16. The Labute approximate surface area is 206 Å². The molecule has 190 valence electrons. The van der Waals surface area contributed by atoms with Crippen molar-refractivity contribution >= 4 is 29.3 Å². The van der Waals surface area contributed by atoms with Gasteiger partial charge >= 0.3 is 6.09 Å². The van der Waals surface area contributed by atoms with E-state index >= 15 is 0 Å². The number of hydrogen-bond acceptors (Lipinski definition) is 6. The van der Waals surface area contributed by atoms with Gasteiger partial charge in [-0.3, -0.25) is 9.59 Å². The van der Waals surface area contributed by atoms with E-state index in [0.717, 1.165) is 5.56 Å². The molecule has 0 aromatic heterocycles. The first kappa shape index (κ1) is 27.5. The highest BCUT2D eigenvalue weighted by atomic mass is 16.6. The number of para-hydroxylation sites is 2. The standard InChI is InChI=1S/C26H35N3O6/c1-6-34-21-13-11-18(17-22(21)33-5)12-14-23(30)28-19-9-7-8-10-20(19)29-24(31)15-16-27-25(32)35-26(2,3)4/h7-11,13,17H,6,12,14-16H2,1-5H3,(H,27,32)(H,28,30)(H,29,31). The van der Waals surface area contributed by atoms with Gasteiger partial charge in [0.15, 0.2) is 11.5 Å². The van der Waals surface area contributed by atoms with E-state index in [1.165, 1.54) is 0 Å². The van der Waals surface area contributed by atoms with Crippen LogP contribution < -0.4 is 25.4 Å². The number of benzene rings is 2. The molecular weight excluding hydrogens is 450 g/mol. The van der Waals surface area contributed by atoms with Crippen molar-refractivity contribution in [1.29, 1.82) is 0 Å². The van der Waals surface area contributed by atoms with Crippen molar-refractivity contribution < 1.29 is 28.6 Å². The second-order valence-electron chi connectivity index (χ2n) is 8.74. The fourth-order valence-corrected chi connectivity index (χ4v) is 3.12. The SMILES string of the molecule is CCOc1ccc(CCC(=O)Nc2ccccc2NC(=O)CCNC(=O)OC(C)(C)C)cc1OC. The number of amides is 3. The zero-order valence-corrected chi connectivity index (χ0v) is 21.0. The third-order valence-electron chi connectivity index (χ3n) is 4.66. The Morgan fingerprint density at radius 3 is 2.09 bits per heavy atom. The molecule has 9 heteroatoms. The number of anilines is 2. The van der Waals surface area contributed by atoms with E-state index < -0.39 is 11.7 Å². The maximum atomic E-state index is 12.6. The van der Waals surface area contributed by atoms with Crippen LogP contribution in [0.4, 0.5) is 16.2 Å². The minimum absolute atomic E-state index is 0.0566. The lowest BCUT2D eigenvalue weighted by atomic mass is 10.1. The van der Waals surface area contributed by atoms with Gasteiger partial charge in [-0.2, -0.15) is 0 Å². The fourth-order valence-electron chi connectivity index (χ4n) is 3.12. The molecular formula is C26H35N3O6. The van der Waals surface area contributed by atoms with Crippen LogP contribution in [-0.2, 0) is 20.7 Å². The summed E-state index contributed by atoms with van der Waals surface area (Å²) in [4.78, 5) is 36.6. The Morgan fingerprint density at radius 1 is 0.886 bits per heavy atom. The summed E-state index contributed by atoms with van der Waals surface area (Å²) >= 11 is 0. The van der Waals surface area contributed by atoms with Crippen LogP contribution in [-0.4, -0.2) is 43.8 Å². The summed E-state index contributed by atoms with van der Waals surface area (Å²) < 4.78 is 16.0. The summed E-state index contributed by atoms with van der Waals surface area (Å²) in [6.45, 7) is 7.85. The molecule has 3 amide bonds. The summed E-state index contributed by atoms with van der Waals surface area (Å²) in [7, 11) is 1.58. The van der Waals surface area contributed by atoms with E-state index in [4.69, 9.17) is 14.2 Å². The highest BCUT2D eigenvalue weighted by molar-refractivity contribution is 5.99. The van der Waals surface area contributed by atoms with Crippen LogP contribution in [0, 0.1) is 0 Å². The van der Waals surface area contributed by atoms with Crippen LogP contribution in [0.2, 0.25) is 0 Å². The number of aryl methyl sites for hydroxylation is 1. The number of carbonyl (C=O) groups excluding carboxylic acids is 3. The molecule has 9 nitrogen and oxygen atoms in total. The predicted octanol–water partition coefficient (Wildman–Crippen LogP) is 4.52. The van der Waals surface area contributed by atoms with E-state index in [2.05, 4.69) is 16.0 Å². The van der Waals surface area contributed by atoms with Crippen LogP contribution >= 0.6 is 0 Å². The van der Waals surface area contributed by atoms with Crippen molar-refractivity contribution in [1.82, 2.24) is 5.32 Å². The molecule has 3 N–H and O–H groups in total. The smallest absolute Gasteiger partial charge is 0.407 e. The number of rotatable bonds is 11. The molecule has 0 heterocycles. The largest absolute Gasteiger partial charge is 0.493 e. The second kappa shape index (κ2) is 13.2. The molecule has 0 saturated carbocycles. The number of alkyl carbamates (subject to hydrolysis) is 1. The molecule has 0 spiro atoms. The van der Waals surface area contributed by atoms with Crippen LogP contribution in [0.15, 0.2) is 42.5 Å². The lowest BCUT2D eigenvalue weighted by Crippen LogP contribution is -2.34. The second-order valence-corrected chi connectivity index (χ2v) is 8.74. The zero-order valence-electron chi connectivity index (χ0n) is 21.0. The first-order valence-corrected chi connectivity index (χ1v) is 11.6. The van der Waals surface area contributed by atoms with E-state index in [1.807, 2.05) is 25.1 Å². The van der Waals surface area contributed by atoms with E-state index in [0.29, 0.717) is 35.9 Å². The van der Waals surface area contributed by atoms with Crippen LogP contribution in [0.5, 0.6) is 11.5 Å². The molecule has 0 unspecified atom stereocenters. The summed E-state index contributed by atoms with van der Waals surface area (Å²) in [6, 6.07) is 12.5. The minimum Gasteiger partial charge on any atom is -0.493 e. The molecule has 0 saturated heterocycles. The minimum atomic E-state index is -0.609. The van der Waals surface area contributed by atoms with E-state index in [9.17, 15) is 14.4 Å². The predicted molar refractivity (Wildman–Crippen MR) is 135 cm³/mol. The highest BCUT2D eigenvalue weighted by Gasteiger charge is 2.16. The molecule has 0 atom stereocenters. The van der Waals surface area contributed by atoms with Gasteiger partial charge in [-0.15, -0.1) is 0 Å². The molecule has 0 fully saturated rings. The van der Waals surface area contributed by atoms with Crippen molar-refractivity contribution in [2.75, 3.05) is 30.9 Å². The third-order valence-corrected chi connectivity index (χ3v) is 4.66. The third kappa shape index (κ3) is 9.95. The maximum absolute atomic E-state index is 12.6. The van der Waals surface area contributed by atoms with E-state index in [1.54, 1.807) is 52.1 Å². The number of methoxy groups -OCH3 is 1. The molecule has 0 aliphatic carbocycles. The molecule has 2 rings (SSSR count). The first-order chi connectivity index (χ1) is 16.6. The lowest BCUT2D eigenvalue weighted by molar-refractivity contribution is -0.117. The van der Waals surface area contributed by atoms with Gasteiger partial charge in [0.25, 0.3) is 0 Å². The van der Waals surface area contributed by atoms with Gasteiger partial charge in [0.1, 0.15) is 5.60 Å². The Hall–Kier alpha value is -3.75.